The van der Waals surface area contributed by atoms with Crippen LogP contribution in [0.4, 0.5) is 0 Å². The largest absolute Gasteiger partial charge is 0.344 e. The van der Waals surface area contributed by atoms with Crippen molar-refractivity contribution < 1.29 is 4.79 Å². The lowest BCUT2D eigenvalue weighted by Crippen LogP contribution is -2.27. The molecule has 0 saturated carbocycles. The molecule has 102 valence electrons. The van der Waals surface area contributed by atoms with Gasteiger partial charge in [0.2, 0.25) is 0 Å². The molecular weight excluding hydrogens is 284 g/mol. The third-order valence-electron chi connectivity index (χ3n) is 2.49. The van der Waals surface area contributed by atoms with Crippen LogP contribution in [0.15, 0.2) is 29.9 Å². The maximum Gasteiger partial charge on any atom is 0.271 e. The first-order valence-corrected chi connectivity index (χ1v) is 6.44. The van der Waals surface area contributed by atoms with Crippen LogP contribution in [-0.4, -0.2) is 15.9 Å². The SMILES string of the molecule is CC(NC(=O)c1csc(CN)n1)c1cccnc1.Cl. The number of carbonyl (C=O) groups excluding carboxylic acids is 1. The van der Waals surface area contributed by atoms with Crippen LogP contribution >= 0.6 is 23.7 Å². The van der Waals surface area contributed by atoms with Crippen molar-refractivity contribution >= 4 is 29.7 Å². The van der Waals surface area contributed by atoms with Crippen molar-refractivity contribution in [1.29, 1.82) is 0 Å². The monoisotopic (exact) mass is 298 g/mol. The van der Waals surface area contributed by atoms with Crippen LogP contribution in [0.2, 0.25) is 0 Å². The van der Waals surface area contributed by atoms with Crippen LogP contribution in [0.3, 0.4) is 0 Å². The summed E-state index contributed by atoms with van der Waals surface area (Å²) >= 11 is 1.39. The predicted octanol–water partition coefficient (Wildman–Crippen LogP) is 1.91. The molecule has 1 unspecified atom stereocenters. The summed E-state index contributed by atoms with van der Waals surface area (Å²) in [6.45, 7) is 2.27. The van der Waals surface area contributed by atoms with Gasteiger partial charge in [-0.3, -0.25) is 9.78 Å². The zero-order valence-electron chi connectivity index (χ0n) is 10.4. The van der Waals surface area contributed by atoms with Gasteiger partial charge in [-0.1, -0.05) is 6.07 Å². The van der Waals surface area contributed by atoms with Crippen molar-refractivity contribution in [3.8, 4) is 0 Å². The van der Waals surface area contributed by atoms with Crippen molar-refractivity contribution in [3.05, 3.63) is 46.2 Å². The molecule has 0 spiro atoms. The first-order valence-electron chi connectivity index (χ1n) is 5.56. The number of amides is 1. The Kier molecular flexibility index (Phi) is 5.88. The van der Waals surface area contributed by atoms with Crippen molar-refractivity contribution in [2.75, 3.05) is 0 Å². The summed E-state index contributed by atoms with van der Waals surface area (Å²) in [7, 11) is 0. The molecule has 0 radical (unpaired) electrons. The molecule has 3 N–H and O–H groups in total. The van der Waals surface area contributed by atoms with Crippen molar-refractivity contribution in [2.45, 2.75) is 19.5 Å². The number of aromatic nitrogens is 2. The minimum atomic E-state index is -0.192. The minimum Gasteiger partial charge on any atom is -0.344 e. The van der Waals surface area contributed by atoms with Crippen LogP contribution in [0.1, 0.15) is 34.0 Å². The summed E-state index contributed by atoms with van der Waals surface area (Å²) in [4.78, 5) is 20.1. The maximum absolute atomic E-state index is 11.9. The fourth-order valence-electron chi connectivity index (χ4n) is 1.49. The zero-order valence-corrected chi connectivity index (χ0v) is 12.0. The van der Waals surface area contributed by atoms with Crippen LogP contribution < -0.4 is 11.1 Å². The number of carbonyl (C=O) groups is 1. The number of pyridine rings is 1. The van der Waals surface area contributed by atoms with Gasteiger partial charge >= 0.3 is 0 Å². The lowest BCUT2D eigenvalue weighted by molar-refractivity contribution is 0.0935. The highest BCUT2D eigenvalue weighted by Crippen LogP contribution is 2.13. The number of nitrogens with one attached hydrogen (secondary N) is 1. The van der Waals surface area contributed by atoms with Gasteiger partial charge in [0.25, 0.3) is 5.91 Å². The van der Waals surface area contributed by atoms with E-state index in [4.69, 9.17) is 5.73 Å². The van der Waals surface area contributed by atoms with Gasteiger partial charge in [-0.2, -0.15) is 0 Å². The van der Waals surface area contributed by atoms with Gasteiger partial charge in [0, 0.05) is 24.3 Å². The summed E-state index contributed by atoms with van der Waals surface area (Å²) in [6.07, 6.45) is 3.43. The normalized spacial score (nSPS) is 11.5. The topological polar surface area (TPSA) is 80.9 Å². The fourth-order valence-corrected chi connectivity index (χ4v) is 2.15. The molecule has 0 aliphatic carbocycles. The number of hydrogen-bond donors (Lipinski definition) is 2. The molecule has 1 amide bonds. The molecule has 0 fully saturated rings. The molecule has 2 rings (SSSR count). The van der Waals surface area contributed by atoms with Crippen LogP contribution in [0, 0.1) is 0 Å². The fraction of sp³-hybridized carbons (Fsp3) is 0.250. The maximum atomic E-state index is 11.9. The Labute approximate surface area is 121 Å². The highest BCUT2D eigenvalue weighted by molar-refractivity contribution is 7.09. The van der Waals surface area contributed by atoms with E-state index in [-0.39, 0.29) is 24.4 Å². The zero-order chi connectivity index (χ0) is 13.0. The van der Waals surface area contributed by atoms with Gasteiger partial charge in [0.1, 0.15) is 10.7 Å². The van der Waals surface area contributed by atoms with E-state index in [1.165, 1.54) is 11.3 Å². The second-order valence-electron chi connectivity index (χ2n) is 3.81. The van der Waals surface area contributed by atoms with E-state index in [0.717, 1.165) is 10.6 Å². The van der Waals surface area contributed by atoms with E-state index in [2.05, 4.69) is 15.3 Å². The second-order valence-corrected chi connectivity index (χ2v) is 4.75. The predicted molar refractivity (Wildman–Crippen MR) is 77.4 cm³/mol. The molecule has 5 nitrogen and oxygen atoms in total. The molecule has 2 aromatic heterocycles. The second kappa shape index (κ2) is 7.18. The van der Waals surface area contributed by atoms with Gasteiger partial charge in [-0.15, -0.1) is 23.7 Å². The molecular formula is C12H15ClN4OS. The minimum absolute atomic E-state index is 0. The molecule has 7 heteroatoms. The number of nitrogens with two attached hydrogens (primary N) is 1. The molecule has 0 aromatic carbocycles. The third kappa shape index (κ3) is 3.99. The summed E-state index contributed by atoms with van der Waals surface area (Å²) < 4.78 is 0. The van der Waals surface area contributed by atoms with E-state index < -0.39 is 0 Å². The third-order valence-corrected chi connectivity index (χ3v) is 3.36. The van der Waals surface area contributed by atoms with Crippen molar-refractivity contribution in [3.63, 3.8) is 0 Å². The number of thiazole rings is 1. The highest BCUT2D eigenvalue weighted by atomic mass is 35.5. The van der Waals surface area contributed by atoms with E-state index in [9.17, 15) is 4.79 Å². The van der Waals surface area contributed by atoms with Crippen LogP contribution in [0.25, 0.3) is 0 Å². The molecule has 2 aromatic rings. The average Bonchev–Trinajstić information content (AvgIpc) is 2.88. The number of hydrogen-bond acceptors (Lipinski definition) is 5. The Balaban J connectivity index is 0.00000180. The van der Waals surface area contributed by atoms with Crippen molar-refractivity contribution in [1.82, 2.24) is 15.3 Å². The molecule has 0 aliphatic rings. The Morgan fingerprint density at radius 2 is 2.37 bits per heavy atom. The first-order chi connectivity index (χ1) is 8.70. The molecule has 2 heterocycles. The number of rotatable bonds is 4. The van der Waals surface area contributed by atoms with E-state index >= 15 is 0 Å². The Morgan fingerprint density at radius 3 is 2.95 bits per heavy atom. The molecule has 0 bridgehead atoms. The van der Waals surface area contributed by atoms with E-state index in [1.54, 1.807) is 17.8 Å². The number of halogens is 1. The lowest BCUT2D eigenvalue weighted by atomic mass is 10.1. The van der Waals surface area contributed by atoms with Gasteiger partial charge in [0.15, 0.2) is 0 Å². The van der Waals surface area contributed by atoms with Crippen molar-refractivity contribution in [2.24, 2.45) is 5.73 Å². The molecule has 0 aliphatic heterocycles. The number of nitrogens with zero attached hydrogens (tertiary/aromatic N) is 2. The Hall–Kier alpha value is -1.50. The lowest BCUT2D eigenvalue weighted by Gasteiger charge is -2.12. The van der Waals surface area contributed by atoms with Gasteiger partial charge in [-0.25, -0.2) is 4.98 Å². The standard InChI is InChI=1S/C12H14N4OS.ClH/c1-8(9-3-2-4-14-6-9)15-12(17)10-7-18-11(5-13)16-10;/h2-4,6-8H,5,13H2,1H3,(H,15,17);1H. The summed E-state index contributed by atoms with van der Waals surface area (Å²) in [6, 6.07) is 3.66. The summed E-state index contributed by atoms with van der Waals surface area (Å²) in [5.41, 5.74) is 6.84. The van der Waals surface area contributed by atoms with E-state index in [1.807, 2.05) is 19.1 Å². The molecule has 0 saturated heterocycles. The van der Waals surface area contributed by atoms with Gasteiger partial charge < -0.3 is 11.1 Å². The average molecular weight is 299 g/mol. The van der Waals surface area contributed by atoms with E-state index in [0.29, 0.717) is 12.2 Å². The molecule has 1 atom stereocenters. The Bertz CT molecular complexity index is 532. The van der Waals surface area contributed by atoms with Crippen LogP contribution in [0.5, 0.6) is 0 Å². The highest BCUT2D eigenvalue weighted by Gasteiger charge is 2.14. The summed E-state index contributed by atoms with van der Waals surface area (Å²) in [5.74, 6) is -0.192. The van der Waals surface area contributed by atoms with Gasteiger partial charge in [0.05, 0.1) is 6.04 Å². The molecule has 19 heavy (non-hydrogen) atoms. The van der Waals surface area contributed by atoms with Gasteiger partial charge in [-0.05, 0) is 18.6 Å². The quantitative estimate of drug-likeness (QED) is 0.903. The smallest absolute Gasteiger partial charge is 0.271 e. The first kappa shape index (κ1) is 15.6. The Morgan fingerprint density at radius 1 is 1.58 bits per heavy atom. The van der Waals surface area contributed by atoms with Crippen LogP contribution in [-0.2, 0) is 6.54 Å². The summed E-state index contributed by atoms with van der Waals surface area (Å²) in [5, 5.41) is 5.35.